The maximum Gasteiger partial charge on any atom is 0.325 e. The summed E-state index contributed by atoms with van der Waals surface area (Å²) in [6.45, 7) is 3.34. The minimum absolute atomic E-state index is 0.683. The Labute approximate surface area is 246 Å². The first-order valence-electron chi connectivity index (χ1n) is 13.5. The van der Waals surface area contributed by atoms with Crippen molar-refractivity contribution in [1.29, 1.82) is 0 Å². The van der Waals surface area contributed by atoms with Crippen molar-refractivity contribution in [2.75, 3.05) is 13.2 Å². The van der Waals surface area contributed by atoms with Gasteiger partial charge in [-0.3, -0.25) is 19.2 Å². The molecule has 0 bridgehead atoms. The smallest absolute Gasteiger partial charge is 0.325 e. The van der Waals surface area contributed by atoms with Crippen molar-refractivity contribution in [3.8, 4) is 0 Å². The van der Waals surface area contributed by atoms with Crippen LogP contribution in [0.2, 0.25) is 0 Å². The maximum atomic E-state index is 12.9. The summed E-state index contributed by atoms with van der Waals surface area (Å²) in [5.41, 5.74) is 5.59. The molecule has 2 saturated heterocycles. The number of carboxylic acid groups (broad SMARTS) is 1. The molecule has 248 valence electrons. The molecular formula is C24H42N4O15. The number of aliphatic hydroxyl groups is 6. The summed E-state index contributed by atoms with van der Waals surface area (Å²) in [4.78, 5) is 48.5. The Morgan fingerprint density at radius 1 is 0.837 bits per heavy atom. The summed E-state index contributed by atoms with van der Waals surface area (Å²) >= 11 is 0. The zero-order valence-corrected chi connectivity index (χ0v) is 24.0. The molecule has 0 saturated carbocycles. The van der Waals surface area contributed by atoms with Crippen LogP contribution in [0.1, 0.15) is 27.7 Å². The van der Waals surface area contributed by atoms with Crippen LogP contribution >= 0.6 is 0 Å². The fourth-order valence-corrected chi connectivity index (χ4v) is 4.41. The first-order valence-corrected chi connectivity index (χ1v) is 13.5. The van der Waals surface area contributed by atoms with Gasteiger partial charge in [0.15, 0.2) is 12.6 Å². The van der Waals surface area contributed by atoms with Gasteiger partial charge in [0.25, 0.3) is 0 Å². The first kappa shape index (κ1) is 36.6. The average molecular weight is 627 g/mol. The number of hydrogen-bond donors (Lipinski definition) is 11. The van der Waals surface area contributed by atoms with Crippen LogP contribution in [0.25, 0.3) is 0 Å². The van der Waals surface area contributed by atoms with Crippen molar-refractivity contribution in [2.45, 2.75) is 113 Å². The molecule has 0 aromatic heterocycles. The quantitative estimate of drug-likeness (QED) is 0.0905. The number of rotatable bonds is 13. The van der Waals surface area contributed by atoms with E-state index in [0.29, 0.717) is 0 Å². The van der Waals surface area contributed by atoms with Crippen LogP contribution in [0.5, 0.6) is 0 Å². The van der Waals surface area contributed by atoms with Gasteiger partial charge in [0, 0.05) is 6.92 Å². The lowest BCUT2D eigenvalue weighted by atomic mass is 9.95. The summed E-state index contributed by atoms with van der Waals surface area (Å²) < 4.78 is 22.5. The highest BCUT2D eigenvalue weighted by Crippen LogP contribution is 2.30. The lowest BCUT2D eigenvalue weighted by Crippen LogP contribution is -2.68. The van der Waals surface area contributed by atoms with Gasteiger partial charge in [-0.2, -0.15) is 0 Å². The van der Waals surface area contributed by atoms with E-state index in [2.05, 4.69) is 16.0 Å². The van der Waals surface area contributed by atoms with Crippen molar-refractivity contribution in [3.05, 3.63) is 0 Å². The van der Waals surface area contributed by atoms with E-state index in [1.807, 2.05) is 0 Å². The average Bonchev–Trinajstić information content (AvgIpc) is 2.94. The van der Waals surface area contributed by atoms with E-state index in [9.17, 15) is 49.8 Å². The minimum atomic E-state index is -1.86. The molecular weight excluding hydrogens is 584 g/mol. The number of nitrogens with one attached hydrogen (secondary N) is 3. The second-order valence-corrected chi connectivity index (χ2v) is 10.4. The molecule has 2 aliphatic rings. The van der Waals surface area contributed by atoms with Crippen molar-refractivity contribution in [2.24, 2.45) is 5.73 Å². The molecule has 2 aliphatic heterocycles. The maximum absolute atomic E-state index is 12.9. The fourth-order valence-electron chi connectivity index (χ4n) is 4.41. The molecule has 0 aromatic carbocycles. The van der Waals surface area contributed by atoms with Gasteiger partial charge in [-0.25, -0.2) is 0 Å². The number of amides is 3. The Balaban J connectivity index is 2.33. The summed E-state index contributed by atoms with van der Waals surface area (Å²) in [7, 11) is 0. The zero-order chi connectivity index (χ0) is 32.8. The molecule has 1 unspecified atom stereocenters. The number of ether oxygens (including phenoxy) is 4. The predicted octanol–water partition coefficient (Wildman–Crippen LogP) is -6.42. The molecule has 0 spiro atoms. The van der Waals surface area contributed by atoms with E-state index in [0.717, 1.165) is 6.92 Å². The van der Waals surface area contributed by atoms with Gasteiger partial charge in [-0.15, -0.1) is 0 Å². The van der Waals surface area contributed by atoms with Crippen LogP contribution in [0.3, 0.4) is 0 Å². The molecule has 19 heteroatoms. The van der Waals surface area contributed by atoms with Crippen LogP contribution in [0.4, 0.5) is 0 Å². The van der Waals surface area contributed by atoms with E-state index < -0.39 is 122 Å². The minimum Gasteiger partial charge on any atom is -0.480 e. The van der Waals surface area contributed by atoms with E-state index in [1.54, 1.807) is 0 Å². The monoisotopic (exact) mass is 626 g/mol. The fraction of sp³-hybridized carbons (Fsp3) is 0.833. The van der Waals surface area contributed by atoms with E-state index >= 15 is 0 Å². The summed E-state index contributed by atoms with van der Waals surface area (Å²) in [6.07, 6.45) is -16.2. The van der Waals surface area contributed by atoms with Gasteiger partial charge in [-0.05, 0) is 20.8 Å². The number of carboxylic acids is 1. The van der Waals surface area contributed by atoms with Crippen LogP contribution in [0, 0.1) is 0 Å². The zero-order valence-electron chi connectivity index (χ0n) is 24.0. The third-order valence-electron chi connectivity index (χ3n) is 6.90. The Hall–Kier alpha value is -2.56. The van der Waals surface area contributed by atoms with E-state index in [4.69, 9.17) is 29.8 Å². The molecule has 0 aromatic rings. The Bertz CT molecular complexity index is 971. The highest BCUT2D eigenvalue weighted by molar-refractivity contribution is 5.91. The van der Waals surface area contributed by atoms with E-state index in [-0.39, 0.29) is 0 Å². The molecule has 2 rings (SSSR count). The molecule has 2 fully saturated rings. The lowest BCUT2D eigenvalue weighted by molar-refractivity contribution is -0.350. The molecule has 2 heterocycles. The molecule has 12 N–H and O–H groups in total. The highest BCUT2D eigenvalue weighted by Gasteiger charge is 2.52. The number of nitrogens with two attached hydrogens (primary N) is 1. The summed E-state index contributed by atoms with van der Waals surface area (Å²) in [6, 6.07) is -5.44. The molecule has 43 heavy (non-hydrogen) atoms. The standard InChI is InChI=1S/C24H42N4O15/c1-7(25)20(36)28-13(21(37)26-8(2)22(38)39)9(3)40-23-14(27-10(4)31)16(33)19(12(6-30)42-23)43-24-18(35)17(34)15(32)11(5-29)41-24/h7-9,11-19,23-24,29-30,32-35H,5-6,25H2,1-4H3,(H,26,37)(H,27,31)(H,28,36)(H,38,39)/t7-,8-,9?,11+,12+,13-,14+,15-,16+,17-,18+,19-,23-,24-/m0/s1. The van der Waals surface area contributed by atoms with Crippen LogP contribution < -0.4 is 21.7 Å². The predicted molar refractivity (Wildman–Crippen MR) is 139 cm³/mol. The number of aliphatic hydroxyl groups excluding tert-OH is 6. The second kappa shape index (κ2) is 16.0. The second-order valence-electron chi connectivity index (χ2n) is 10.4. The van der Waals surface area contributed by atoms with Crippen molar-refractivity contribution in [3.63, 3.8) is 0 Å². The van der Waals surface area contributed by atoms with E-state index in [1.165, 1.54) is 20.8 Å². The highest BCUT2D eigenvalue weighted by atomic mass is 16.7. The third-order valence-corrected chi connectivity index (χ3v) is 6.90. The number of hydrogen-bond acceptors (Lipinski definition) is 15. The Kier molecular flexibility index (Phi) is 13.6. The molecule has 19 nitrogen and oxygen atoms in total. The number of carbonyl (C=O) groups is 4. The molecule has 14 atom stereocenters. The lowest BCUT2D eigenvalue weighted by Gasteiger charge is -2.47. The molecule has 0 radical (unpaired) electrons. The summed E-state index contributed by atoms with van der Waals surface area (Å²) in [5.74, 6) is -3.80. The van der Waals surface area contributed by atoms with Gasteiger partial charge in [0.05, 0.1) is 25.4 Å². The number of aliphatic carboxylic acids is 1. The Morgan fingerprint density at radius 3 is 1.93 bits per heavy atom. The van der Waals surface area contributed by atoms with Crippen molar-refractivity contribution < 1.29 is 73.9 Å². The van der Waals surface area contributed by atoms with Crippen molar-refractivity contribution in [1.82, 2.24) is 16.0 Å². The van der Waals surface area contributed by atoms with Gasteiger partial charge >= 0.3 is 5.97 Å². The van der Waals surface area contributed by atoms with Gasteiger partial charge in [0.1, 0.15) is 60.9 Å². The van der Waals surface area contributed by atoms with Crippen LogP contribution in [-0.2, 0) is 38.1 Å². The first-order chi connectivity index (χ1) is 20.0. The largest absolute Gasteiger partial charge is 0.480 e. The Morgan fingerprint density at radius 2 is 1.42 bits per heavy atom. The molecule has 3 amide bonds. The van der Waals surface area contributed by atoms with Crippen LogP contribution in [-0.4, -0.2) is 158 Å². The SMILES string of the molecule is CC(=O)N[C@H]1[C@@H](OC(C)[C@H](NC(=O)[C@H](C)N)C(=O)N[C@@H](C)C(=O)O)O[C@H](CO)[C@H](O[C@@H]2O[C@H](CO)[C@H](O)[C@H](O)[C@H]2O)[C@@H]1O. The number of carbonyl (C=O) groups excluding carboxylic acids is 3. The topological polar surface area (TPSA) is 309 Å². The summed E-state index contributed by atoms with van der Waals surface area (Å²) in [5, 5.41) is 77.3. The van der Waals surface area contributed by atoms with Gasteiger partial charge < -0.3 is 76.4 Å². The normalized spacial score (nSPS) is 35.6. The molecule has 0 aliphatic carbocycles. The van der Waals surface area contributed by atoms with Gasteiger partial charge in [-0.1, -0.05) is 0 Å². The van der Waals surface area contributed by atoms with Crippen LogP contribution in [0.15, 0.2) is 0 Å². The van der Waals surface area contributed by atoms with Crippen molar-refractivity contribution >= 4 is 23.7 Å². The third kappa shape index (κ3) is 9.22. The van der Waals surface area contributed by atoms with Gasteiger partial charge in [0.2, 0.25) is 17.7 Å².